The van der Waals surface area contributed by atoms with Crippen molar-refractivity contribution in [1.82, 2.24) is 0 Å². The Kier molecular flexibility index (Phi) is 5.02. The van der Waals surface area contributed by atoms with E-state index in [-0.39, 0.29) is 5.91 Å². The second-order valence-corrected chi connectivity index (χ2v) is 7.26. The summed E-state index contributed by atoms with van der Waals surface area (Å²) >= 11 is 0. The van der Waals surface area contributed by atoms with Gasteiger partial charge < -0.3 is 15.4 Å². The van der Waals surface area contributed by atoms with Crippen molar-refractivity contribution in [2.24, 2.45) is 0 Å². The summed E-state index contributed by atoms with van der Waals surface area (Å²) in [6.07, 6.45) is 1.07. The summed E-state index contributed by atoms with van der Waals surface area (Å²) in [6.45, 7) is 5.12. The molecule has 1 unspecified atom stereocenters. The molecule has 1 aliphatic rings. The van der Waals surface area contributed by atoms with Crippen molar-refractivity contribution in [2.45, 2.75) is 26.2 Å². The predicted octanol–water partition coefficient (Wildman–Crippen LogP) is 5.96. The molecule has 28 heavy (non-hydrogen) atoms. The summed E-state index contributed by atoms with van der Waals surface area (Å²) in [6, 6.07) is 21.2. The van der Waals surface area contributed by atoms with E-state index < -0.39 is 0 Å². The highest BCUT2D eigenvalue weighted by Crippen LogP contribution is 2.36. The van der Waals surface area contributed by atoms with Gasteiger partial charge in [-0.05, 0) is 60.7 Å². The van der Waals surface area contributed by atoms with E-state index in [9.17, 15) is 4.79 Å². The Morgan fingerprint density at radius 3 is 2.64 bits per heavy atom. The molecule has 0 saturated carbocycles. The molecule has 0 aromatic heterocycles. The fraction of sp³-hybridized carbons (Fsp3) is 0.208. The summed E-state index contributed by atoms with van der Waals surface area (Å²) in [5.74, 6) is 1.65. The highest BCUT2D eigenvalue weighted by atomic mass is 16.5. The number of nitrogens with one attached hydrogen (secondary N) is 2. The number of carbonyl (C=O) groups excluding carboxylic acids is 1. The standard InChI is InChI=1S/C24H24N2O2/c1-16-14-19-17(2)12-13-25-23(19)20(15-16)24(27)26-21-10-6-7-11-22(21)28-18-8-4-3-5-9-18/h3-11,14-15,17,25H,12-13H2,1-2H3,(H,26,27). The first-order chi connectivity index (χ1) is 13.6. The van der Waals surface area contributed by atoms with E-state index >= 15 is 0 Å². The predicted molar refractivity (Wildman–Crippen MR) is 114 cm³/mol. The van der Waals surface area contributed by atoms with Crippen LogP contribution < -0.4 is 15.4 Å². The van der Waals surface area contributed by atoms with Gasteiger partial charge >= 0.3 is 0 Å². The number of hydrogen-bond donors (Lipinski definition) is 2. The number of ether oxygens (including phenoxy) is 1. The molecule has 2 N–H and O–H groups in total. The van der Waals surface area contributed by atoms with Gasteiger partial charge in [-0.25, -0.2) is 0 Å². The first-order valence-corrected chi connectivity index (χ1v) is 9.63. The molecule has 0 fully saturated rings. The molecule has 0 spiro atoms. The summed E-state index contributed by atoms with van der Waals surface area (Å²) in [5.41, 5.74) is 4.58. The van der Waals surface area contributed by atoms with Gasteiger partial charge in [-0.2, -0.15) is 0 Å². The van der Waals surface area contributed by atoms with Crippen molar-refractivity contribution in [1.29, 1.82) is 0 Å². The molecule has 3 aromatic carbocycles. The molecule has 1 amide bonds. The van der Waals surface area contributed by atoms with Gasteiger partial charge in [0.15, 0.2) is 5.75 Å². The molecule has 0 radical (unpaired) electrons. The van der Waals surface area contributed by atoms with Gasteiger partial charge in [0.2, 0.25) is 0 Å². The Hall–Kier alpha value is -3.27. The Bertz CT molecular complexity index is 999. The normalized spacial score (nSPS) is 15.3. The van der Waals surface area contributed by atoms with Gasteiger partial charge in [-0.15, -0.1) is 0 Å². The van der Waals surface area contributed by atoms with Crippen LogP contribution >= 0.6 is 0 Å². The lowest BCUT2D eigenvalue weighted by atomic mass is 9.89. The molecule has 0 saturated heterocycles. The lowest BCUT2D eigenvalue weighted by Crippen LogP contribution is -2.21. The minimum Gasteiger partial charge on any atom is -0.455 e. The van der Waals surface area contributed by atoms with E-state index in [1.54, 1.807) is 0 Å². The topological polar surface area (TPSA) is 50.4 Å². The van der Waals surface area contributed by atoms with Crippen LogP contribution in [0.4, 0.5) is 11.4 Å². The number of anilines is 2. The second-order valence-electron chi connectivity index (χ2n) is 7.26. The van der Waals surface area contributed by atoms with Crippen molar-refractivity contribution in [2.75, 3.05) is 17.2 Å². The zero-order valence-electron chi connectivity index (χ0n) is 16.2. The van der Waals surface area contributed by atoms with Gasteiger partial charge in [-0.3, -0.25) is 4.79 Å². The van der Waals surface area contributed by atoms with Crippen molar-refractivity contribution in [3.05, 3.63) is 83.4 Å². The van der Waals surface area contributed by atoms with E-state index in [4.69, 9.17) is 4.74 Å². The summed E-state index contributed by atoms with van der Waals surface area (Å²) in [7, 11) is 0. The Labute approximate surface area is 165 Å². The van der Waals surface area contributed by atoms with Crippen molar-refractivity contribution in [3.8, 4) is 11.5 Å². The third kappa shape index (κ3) is 3.72. The fourth-order valence-electron chi connectivity index (χ4n) is 3.61. The highest BCUT2D eigenvalue weighted by molar-refractivity contribution is 6.09. The maximum Gasteiger partial charge on any atom is 0.257 e. The van der Waals surface area contributed by atoms with Gasteiger partial charge in [0.25, 0.3) is 5.91 Å². The molecule has 142 valence electrons. The number of para-hydroxylation sites is 3. The maximum atomic E-state index is 13.1. The van der Waals surface area contributed by atoms with E-state index in [0.717, 1.165) is 30.0 Å². The molecule has 0 bridgehead atoms. The van der Waals surface area contributed by atoms with E-state index in [2.05, 4.69) is 23.6 Å². The smallest absolute Gasteiger partial charge is 0.257 e. The third-order valence-corrected chi connectivity index (χ3v) is 5.07. The van der Waals surface area contributed by atoms with Crippen LogP contribution in [0.2, 0.25) is 0 Å². The maximum absolute atomic E-state index is 13.1. The van der Waals surface area contributed by atoms with Gasteiger partial charge in [0.05, 0.1) is 16.9 Å². The SMILES string of the molecule is Cc1cc(C(=O)Nc2ccccc2Oc2ccccc2)c2c(c1)C(C)CCN2. The number of benzene rings is 3. The van der Waals surface area contributed by atoms with Crippen molar-refractivity contribution in [3.63, 3.8) is 0 Å². The number of amides is 1. The molecular formula is C24H24N2O2. The zero-order chi connectivity index (χ0) is 19.5. The van der Waals surface area contributed by atoms with E-state index in [1.807, 2.05) is 67.6 Å². The van der Waals surface area contributed by atoms with Gasteiger partial charge in [-0.1, -0.05) is 43.3 Å². The number of rotatable bonds is 4. The van der Waals surface area contributed by atoms with Crippen molar-refractivity contribution < 1.29 is 9.53 Å². The van der Waals surface area contributed by atoms with Crippen LogP contribution in [-0.2, 0) is 0 Å². The largest absolute Gasteiger partial charge is 0.455 e. The summed E-state index contributed by atoms with van der Waals surface area (Å²) in [4.78, 5) is 13.1. The van der Waals surface area contributed by atoms with Gasteiger partial charge in [0.1, 0.15) is 5.75 Å². The monoisotopic (exact) mass is 372 g/mol. The Morgan fingerprint density at radius 1 is 1.07 bits per heavy atom. The van der Waals surface area contributed by atoms with Crippen LogP contribution in [0.3, 0.4) is 0 Å². The number of aryl methyl sites for hydroxylation is 1. The lowest BCUT2D eigenvalue weighted by molar-refractivity contribution is 0.102. The van der Waals surface area contributed by atoms with Crippen LogP contribution in [-0.4, -0.2) is 12.5 Å². The molecule has 4 nitrogen and oxygen atoms in total. The molecule has 0 aliphatic carbocycles. The van der Waals surface area contributed by atoms with Crippen LogP contribution in [0, 0.1) is 6.92 Å². The van der Waals surface area contributed by atoms with E-state index in [1.165, 1.54) is 5.56 Å². The average Bonchev–Trinajstić information content (AvgIpc) is 2.70. The molecule has 4 rings (SSSR count). The second kappa shape index (κ2) is 7.77. The Morgan fingerprint density at radius 2 is 1.82 bits per heavy atom. The van der Waals surface area contributed by atoms with E-state index in [0.29, 0.717) is 22.9 Å². The van der Waals surface area contributed by atoms with Crippen LogP contribution in [0.25, 0.3) is 0 Å². The van der Waals surface area contributed by atoms with Crippen molar-refractivity contribution >= 4 is 17.3 Å². The molecule has 1 heterocycles. The van der Waals surface area contributed by atoms with Crippen LogP contribution in [0.15, 0.2) is 66.7 Å². The number of fused-ring (bicyclic) bond motifs is 1. The molecule has 4 heteroatoms. The number of carbonyl (C=O) groups is 1. The lowest BCUT2D eigenvalue weighted by Gasteiger charge is -2.26. The summed E-state index contributed by atoms with van der Waals surface area (Å²) < 4.78 is 5.97. The van der Waals surface area contributed by atoms with Crippen LogP contribution in [0.5, 0.6) is 11.5 Å². The molecule has 3 aromatic rings. The number of hydrogen-bond acceptors (Lipinski definition) is 3. The third-order valence-electron chi connectivity index (χ3n) is 5.07. The van der Waals surface area contributed by atoms with Gasteiger partial charge in [0, 0.05) is 6.54 Å². The average molecular weight is 372 g/mol. The first-order valence-electron chi connectivity index (χ1n) is 9.63. The first kappa shape index (κ1) is 18.1. The Balaban J connectivity index is 1.63. The van der Waals surface area contributed by atoms with Crippen LogP contribution in [0.1, 0.15) is 40.7 Å². The minimum atomic E-state index is -0.134. The minimum absolute atomic E-state index is 0.134. The molecule has 1 atom stereocenters. The summed E-state index contributed by atoms with van der Waals surface area (Å²) in [5, 5.41) is 6.45. The zero-order valence-corrected chi connectivity index (χ0v) is 16.2. The molecule has 1 aliphatic heterocycles. The molecular weight excluding hydrogens is 348 g/mol. The fourth-order valence-corrected chi connectivity index (χ4v) is 3.61. The highest BCUT2D eigenvalue weighted by Gasteiger charge is 2.23. The quantitative estimate of drug-likeness (QED) is 0.594.